The number of carbonyl (C=O) groups is 1. The van der Waals surface area contributed by atoms with E-state index in [-0.39, 0.29) is 39.8 Å². The van der Waals surface area contributed by atoms with Gasteiger partial charge in [0, 0.05) is 29.4 Å². The van der Waals surface area contributed by atoms with Crippen molar-refractivity contribution in [1.29, 1.82) is 0 Å². The zero-order chi connectivity index (χ0) is 20.2. The van der Waals surface area contributed by atoms with Gasteiger partial charge in [-0.05, 0) is 49.9 Å². The highest BCUT2D eigenvalue weighted by atomic mass is 19.1. The summed E-state index contributed by atoms with van der Waals surface area (Å²) in [5, 5.41) is 0.187. The molecule has 2 heterocycles. The summed E-state index contributed by atoms with van der Waals surface area (Å²) in [6.07, 6.45) is 4.88. The maximum atomic E-state index is 15.1. The van der Waals surface area contributed by atoms with Crippen LogP contribution in [-0.2, 0) is 0 Å². The van der Waals surface area contributed by atoms with E-state index >= 15 is 4.39 Å². The molecule has 1 aromatic carbocycles. The lowest BCUT2D eigenvalue weighted by atomic mass is 9.96. The van der Waals surface area contributed by atoms with E-state index in [4.69, 9.17) is 12.3 Å². The minimum atomic E-state index is -0.604. The molecule has 6 nitrogen and oxygen atoms in total. The number of nitrogens with zero attached hydrogens (tertiary/aromatic N) is 3. The molecule has 1 aliphatic carbocycles. The molecule has 0 spiro atoms. The van der Waals surface area contributed by atoms with Crippen molar-refractivity contribution in [2.45, 2.75) is 32.7 Å². The van der Waals surface area contributed by atoms with Gasteiger partial charge in [-0.2, -0.15) is 0 Å². The van der Waals surface area contributed by atoms with Crippen LogP contribution in [0.25, 0.3) is 26.9 Å². The van der Waals surface area contributed by atoms with Crippen LogP contribution < -0.4 is 11.2 Å². The Hall–Kier alpha value is -3.53. The highest BCUT2D eigenvalue weighted by Gasteiger charge is 2.28. The third kappa shape index (κ3) is 2.65. The summed E-state index contributed by atoms with van der Waals surface area (Å²) in [6, 6.07) is 2.86. The molecule has 1 saturated carbocycles. The van der Waals surface area contributed by atoms with Gasteiger partial charge in [0.2, 0.25) is 5.69 Å². The van der Waals surface area contributed by atoms with Crippen LogP contribution in [-0.4, -0.2) is 15.3 Å². The molecule has 140 valence electrons. The lowest BCUT2D eigenvalue weighted by Crippen LogP contribution is -2.18. The van der Waals surface area contributed by atoms with Crippen LogP contribution in [0.2, 0.25) is 0 Å². The number of pyridine rings is 2. The Morgan fingerprint density at radius 2 is 2.11 bits per heavy atom. The number of hydrogen-bond donors (Lipinski definition) is 1. The monoisotopic (exact) mass is 376 g/mol. The average molecular weight is 376 g/mol. The number of Topliss-reactive ketones (excluding diaryl/α,β-unsaturated/α-hetero) is 1. The number of hydrogen-bond acceptors (Lipinski definition) is 4. The Balaban J connectivity index is 2.10. The fraction of sp³-hybridized carbons (Fsp3) is 0.238. The van der Waals surface area contributed by atoms with E-state index < -0.39 is 11.2 Å². The Labute approximate surface area is 160 Å². The van der Waals surface area contributed by atoms with Crippen molar-refractivity contribution in [3.63, 3.8) is 0 Å². The topological polar surface area (TPSA) is 82.3 Å². The molecule has 0 amide bonds. The lowest BCUT2D eigenvalue weighted by molar-refractivity contribution is 0.101. The number of aromatic nitrogens is 2. The third-order valence-corrected chi connectivity index (χ3v) is 5.14. The van der Waals surface area contributed by atoms with Crippen LogP contribution >= 0.6 is 0 Å². The van der Waals surface area contributed by atoms with Crippen molar-refractivity contribution in [3.05, 3.63) is 63.1 Å². The van der Waals surface area contributed by atoms with Gasteiger partial charge in [-0.1, -0.05) is 0 Å². The highest BCUT2D eigenvalue weighted by molar-refractivity contribution is 5.99. The van der Waals surface area contributed by atoms with Crippen molar-refractivity contribution in [2.24, 2.45) is 0 Å². The van der Waals surface area contributed by atoms with Gasteiger partial charge >= 0.3 is 0 Å². The van der Waals surface area contributed by atoms with E-state index in [1.165, 1.54) is 25.3 Å². The fourth-order valence-electron chi connectivity index (χ4n) is 3.62. The molecule has 0 radical (unpaired) electrons. The maximum Gasteiger partial charge on any atom is 0.228 e. The largest absolute Gasteiger partial charge is 0.392 e. The van der Waals surface area contributed by atoms with Gasteiger partial charge in [-0.15, -0.1) is 0 Å². The first-order valence-corrected chi connectivity index (χ1v) is 8.85. The minimum absolute atomic E-state index is 0.0652. The Kier molecular flexibility index (Phi) is 4.00. The van der Waals surface area contributed by atoms with Crippen molar-refractivity contribution < 1.29 is 9.18 Å². The standard InChI is InChI=1S/C21H17FN4O2/c1-10-18(12-6-17(24-3)21(23)25-8-12)16(22)7-14-19(10)26(13-4-5-13)9-15(11(2)27)20(14)28/h6-9,13H,4-5H2,1-2H3,(H2,23,25). The third-order valence-electron chi connectivity index (χ3n) is 5.14. The molecule has 0 bridgehead atoms. The van der Waals surface area contributed by atoms with E-state index in [0.29, 0.717) is 16.6 Å². The van der Waals surface area contributed by atoms with E-state index in [1.54, 1.807) is 13.1 Å². The summed E-state index contributed by atoms with van der Waals surface area (Å²) in [4.78, 5) is 32.0. The predicted molar refractivity (Wildman–Crippen MR) is 105 cm³/mol. The van der Waals surface area contributed by atoms with E-state index in [9.17, 15) is 9.59 Å². The number of nitrogen functional groups attached to an aromatic ring is 1. The molecular formula is C21H17FN4O2. The Morgan fingerprint density at radius 1 is 1.39 bits per heavy atom. The summed E-state index contributed by atoms with van der Waals surface area (Å²) in [7, 11) is 0. The molecule has 4 rings (SSSR count). The van der Waals surface area contributed by atoms with Crippen molar-refractivity contribution in [2.75, 3.05) is 5.73 Å². The van der Waals surface area contributed by atoms with Crippen molar-refractivity contribution >= 4 is 28.2 Å². The highest BCUT2D eigenvalue weighted by Crippen LogP contribution is 2.40. The maximum absolute atomic E-state index is 15.1. The Bertz CT molecular complexity index is 1270. The summed E-state index contributed by atoms with van der Waals surface area (Å²) < 4.78 is 17.0. The second kappa shape index (κ2) is 6.27. The molecule has 2 N–H and O–H groups in total. The number of anilines is 1. The van der Waals surface area contributed by atoms with Gasteiger partial charge in [0.05, 0.1) is 17.7 Å². The van der Waals surface area contributed by atoms with Crippen LogP contribution in [0.4, 0.5) is 15.9 Å². The van der Waals surface area contributed by atoms with Crippen LogP contribution in [0, 0.1) is 19.3 Å². The van der Waals surface area contributed by atoms with Gasteiger partial charge in [-0.3, -0.25) is 14.6 Å². The number of carbonyl (C=O) groups excluding carboxylic acids is 1. The number of benzene rings is 1. The molecule has 2 aromatic heterocycles. The zero-order valence-corrected chi connectivity index (χ0v) is 15.4. The molecule has 0 saturated heterocycles. The van der Waals surface area contributed by atoms with Gasteiger partial charge in [0.25, 0.3) is 0 Å². The molecule has 1 fully saturated rings. The van der Waals surface area contributed by atoms with E-state index in [2.05, 4.69) is 9.83 Å². The summed E-state index contributed by atoms with van der Waals surface area (Å²) in [6.45, 7) is 10.3. The van der Waals surface area contributed by atoms with Crippen LogP contribution in [0.15, 0.2) is 29.3 Å². The molecule has 0 aliphatic heterocycles. The van der Waals surface area contributed by atoms with Crippen LogP contribution in [0.3, 0.4) is 0 Å². The molecule has 0 unspecified atom stereocenters. The van der Waals surface area contributed by atoms with Crippen LogP contribution in [0.1, 0.15) is 41.7 Å². The molecule has 0 atom stereocenters. The normalized spacial score (nSPS) is 13.5. The fourth-order valence-corrected chi connectivity index (χ4v) is 3.62. The zero-order valence-electron chi connectivity index (χ0n) is 15.4. The summed E-state index contributed by atoms with van der Waals surface area (Å²) in [5.74, 6) is -0.862. The second-order valence-electron chi connectivity index (χ2n) is 7.06. The first-order valence-electron chi connectivity index (χ1n) is 8.85. The predicted octanol–water partition coefficient (Wildman–Crippen LogP) is 4.18. The average Bonchev–Trinajstić information content (AvgIpc) is 3.48. The summed E-state index contributed by atoms with van der Waals surface area (Å²) in [5.41, 5.74) is 7.29. The number of ketones is 1. The first-order chi connectivity index (χ1) is 13.3. The summed E-state index contributed by atoms with van der Waals surface area (Å²) >= 11 is 0. The van der Waals surface area contributed by atoms with Gasteiger partial charge in [0.15, 0.2) is 11.2 Å². The Morgan fingerprint density at radius 3 is 2.71 bits per heavy atom. The smallest absolute Gasteiger partial charge is 0.228 e. The number of fused-ring (bicyclic) bond motifs is 1. The number of nitrogens with two attached hydrogens (primary N) is 1. The second-order valence-corrected chi connectivity index (χ2v) is 7.06. The van der Waals surface area contributed by atoms with Crippen LogP contribution in [0.5, 0.6) is 0 Å². The number of rotatable bonds is 3. The molecule has 1 aliphatic rings. The van der Waals surface area contributed by atoms with Gasteiger partial charge < -0.3 is 10.3 Å². The quantitative estimate of drug-likeness (QED) is 0.549. The van der Waals surface area contributed by atoms with Crippen molar-refractivity contribution in [3.8, 4) is 11.1 Å². The molecule has 7 heteroatoms. The molecule has 28 heavy (non-hydrogen) atoms. The minimum Gasteiger partial charge on any atom is -0.392 e. The first kappa shape index (κ1) is 17.9. The van der Waals surface area contributed by atoms with E-state index in [0.717, 1.165) is 12.8 Å². The van der Waals surface area contributed by atoms with Gasteiger partial charge in [-0.25, -0.2) is 9.24 Å². The SMILES string of the molecule is [C-]#[N+]c1cc(-c2c(F)cc3c(=O)c(C(C)=O)cn(C4CC4)c3c2C)cnc1N. The van der Waals surface area contributed by atoms with Crippen molar-refractivity contribution in [1.82, 2.24) is 9.55 Å². The molecular weight excluding hydrogens is 359 g/mol. The van der Waals surface area contributed by atoms with Gasteiger partial charge in [0.1, 0.15) is 11.6 Å². The lowest BCUT2D eigenvalue weighted by Gasteiger charge is -2.18. The number of aryl methyl sites for hydroxylation is 1. The number of halogens is 1. The molecule has 3 aromatic rings. The van der Waals surface area contributed by atoms with E-state index in [1.807, 2.05) is 4.57 Å².